The minimum atomic E-state index is -0.191. The van der Waals surface area contributed by atoms with Crippen molar-refractivity contribution >= 4 is 23.1 Å². The molecular formula is C26H28N4O2. The van der Waals surface area contributed by atoms with Gasteiger partial charge >= 0.3 is 6.03 Å². The van der Waals surface area contributed by atoms with Crippen molar-refractivity contribution in [3.63, 3.8) is 0 Å². The van der Waals surface area contributed by atoms with Gasteiger partial charge in [0.05, 0.1) is 12.3 Å². The van der Waals surface area contributed by atoms with Crippen LogP contribution in [0.25, 0.3) is 0 Å². The third-order valence-electron chi connectivity index (χ3n) is 5.40. The lowest BCUT2D eigenvalue weighted by Gasteiger charge is -2.25. The average Bonchev–Trinajstić information content (AvgIpc) is 3.28. The van der Waals surface area contributed by atoms with Crippen molar-refractivity contribution in [2.24, 2.45) is 5.16 Å². The molecule has 0 saturated carbocycles. The Bertz CT molecular complexity index is 1050. The number of hydrogen-bond acceptors (Lipinski definition) is 4. The number of carbonyl (C=O) groups is 1. The third kappa shape index (κ3) is 5.46. The number of rotatable bonds is 7. The van der Waals surface area contributed by atoms with Crippen LogP contribution in [0.5, 0.6) is 0 Å². The van der Waals surface area contributed by atoms with E-state index in [1.54, 1.807) is 4.90 Å². The van der Waals surface area contributed by atoms with Crippen molar-refractivity contribution in [2.75, 3.05) is 30.9 Å². The van der Waals surface area contributed by atoms with Crippen LogP contribution in [0.2, 0.25) is 0 Å². The van der Waals surface area contributed by atoms with Gasteiger partial charge in [0, 0.05) is 38.4 Å². The fourth-order valence-electron chi connectivity index (χ4n) is 3.64. The smallest absolute Gasteiger partial charge is 0.322 e. The number of carbonyl (C=O) groups excluding carboxylic acids is 1. The number of oxime groups is 1. The molecule has 4 rings (SSSR count). The van der Waals surface area contributed by atoms with Crippen LogP contribution >= 0.6 is 0 Å². The molecule has 0 saturated heterocycles. The van der Waals surface area contributed by atoms with E-state index in [4.69, 9.17) is 4.84 Å². The number of para-hydroxylation sites is 1. The van der Waals surface area contributed by atoms with Crippen LogP contribution in [-0.4, -0.2) is 43.4 Å². The van der Waals surface area contributed by atoms with E-state index in [1.807, 2.05) is 74.8 Å². The second kappa shape index (κ2) is 10.0. The van der Waals surface area contributed by atoms with Gasteiger partial charge in [0.1, 0.15) is 0 Å². The fourth-order valence-corrected chi connectivity index (χ4v) is 3.64. The molecule has 0 spiro atoms. The number of nitrogens with zero attached hydrogens (tertiary/aromatic N) is 3. The molecule has 0 bridgehead atoms. The standard InChI is InChI=1S/C26H28N4O2/c1-29(2)23-15-13-21(14-16-23)25-17-24(32-28-25)19-30(18-20-9-5-3-6-10-20)26(31)27-22-11-7-4-8-12-22/h3-16,24H,17-19H2,1-2H3,(H,27,31). The van der Waals surface area contributed by atoms with E-state index in [2.05, 4.69) is 39.6 Å². The molecule has 6 heteroatoms. The Morgan fingerprint density at radius 1 is 0.969 bits per heavy atom. The van der Waals surface area contributed by atoms with Crippen molar-refractivity contribution in [1.29, 1.82) is 0 Å². The number of hydrogen-bond donors (Lipinski definition) is 1. The van der Waals surface area contributed by atoms with Crippen LogP contribution < -0.4 is 10.2 Å². The lowest BCUT2D eigenvalue weighted by atomic mass is 10.0. The van der Waals surface area contributed by atoms with Crippen LogP contribution in [0.4, 0.5) is 16.2 Å². The molecule has 1 N–H and O–H groups in total. The molecule has 1 aliphatic rings. The SMILES string of the molecule is CN(C)c1ccc(C2=NOC(CN(Cc3ccccc3)C(=O)Nc3ccccc3)C2)cc1. The van der Waals surface area contributed by atoms with Gasteiger partial charge in [-0.05, 0) is 35.4 Å². The van der Waals surface area contributed by atoms with Crippen LogP contribution in [0.1, 0.15) is 17.5 Å². The second-order valence-electron chi connectivity index (χ2n) is 8.07. The Morgan fingerprint density at radius 2 is 1.62 bits per heavy atom. The lowest BCUT2D eigenvalue weighted by molar-refractivity contribution is 0.0608. The number of anilines is 2. The Hall–Kier alpha value is -3.80. The first-order chi connectivity index (χ1) is 15.6. The summed E-state index contributed by atoms with van der Waals surface area (Å²) in [5.74, 6) is 0. The summed E-state index contributed by atoms with van der Waals surface area (Å²) in [6.45, 7) is 0.933. The highest BCUT2D eigenvalue weighted by Gasteiger charge is 2.27. The predicted molar refractivity (Wildman–Crippen MR) is 129 cm³/mol. The molecule has 32 heavy (non-hydrogen) atoms. The summed E-state index contributed by atoms with van der Waals surface area (Å²) < 4.78 is 0. The number of nitrogens with one attached hydrogen (secondary N) is 1. The van der Waals surface area contributed by atoms with E-state index >= 15 is 0 Å². The second-order valence-corrected chi connectivity index (χ2v) is 8.07. The number of benzene rings is 3. The average molecular weight is 429 g/mol. The lowest BCUT2D eigenvalue weighted by Crippen LogP contribution is -2.40. The van der Waals surface area contributed by atoms with Gasteiger partial charge in [-0.2, -0.15) is 0 Å². The maximum absolute atomic E-state index is 13.1. The molecule has 0 aromatic heterocycles. The first kappa shape index (κ1) is 21.4. The zero-order valence-corrected chi connectivity index (χ0v) is 18.4. The predicted octanol–water partition coefficient (Wildman–Crippen LogP) is 4.98. The monoisotopic (exact) mass is 428 g/mol. The summed E-state index contributed by atoms with van der Waals surface area (Å²) in [6, 6.07) is 27.6. The van der Waals surface area contributed by atoms with Crippen molar-refractivity contribution < 1.29 is 9.63 Å². The molecule has 1 unspecified atom stereocenters. The van der Waals surface area contributed by atoms with E-state index < -0.39 is 0 Å². The molecule has 2 amide bonds. The summed E-state index contributed by atoms with van der Waals surface area (Å²) in [7, 11) is 4.03. The largest absolute Gasteiger partial charge is 0.390 e. The molecule has 0 fully saturated rings. The van der Waals surface area contributed by atoms with E-state index in [0.29, 0.717) is 19.5 Å². The van der Waals surface area contributed by atoms with Crippen LogP contribution in [-0.2, 0) is 11.4 Å². The molecular weight excluding hydrogens is 400 g/mol. The zero-order chi connectivity index (χ0) is 22.3. The summed E-state index contributed by atoms with van der Waals surface area (Å²) in [6.07, 6.45) is 0.467. The first-order valence-corrected chi connectivity index (χ1v) is 10.7. The van der Waals surface area contributed by atoms with Gasteiger partial charge in [-0.3, -0.25) is 0 Å². The maximum atomic E-state index is 13.1. The summed E-state index contributed by atoms with van der Waals surface area (Å²) in [4.78, 5) is 22.6. The maximum Gasteiger partial charge on any atom is 0.322 e. The van der Waals surface area contributed by atoms with Gasteiger partial charge in [0.15, 0.2) is 6.10 Å². The first-order valence-electron chi connectivity index (χ1n) is 10.7. The van der Waals surface area contributed by atoms with Crippen LogP contribution in [0.3, 0.4) is 0 Å². The van der Waals surface area contributed by atoms with Gasteiger partial charge in [-0.25, -0.2) is 4.79 Å². The van der Waals surface area contributed by atoms with Crippen molar-refractivity contribution in [3.8, 4) is 0 Å². The normalized spacial score (nSPS) is 14.9. The molecule has 164 valence electrons. The van der Waals surface area contributed by atoms with Crippen molar-refractivity contribution in [3.05, 3.63) is 96.1 Å². The fraction of sp³-hybridized carbons (Fsp3) is 0.231. The quantitative estimate of drug-likeness (QED) is 0.577. The van der Waals surface area contributed by atoms with Gasteiger partial charge < -0.3 is 20.0 Å². The van der Waals surface area contributed by atoms with Crippen LogP contribution in [0, 0.1) is 0 Å². The van der Waals surface area contributed by atoms with Gasteiger partial charge in [-0.15, -0.1) is 0 Å². The van der Waals surface area contributed by atoms with E-state index in [-0.39, 0.29) is 12.1 Å². The Kier molecular flexibility index (Phi) is 6.70. The van der Waals surface area contributed by atoms with E-state index in [1.165, 1.54) is 0 Å². The van der Waals surface area contributed by atoms with Crippen LogP contribution in [0.15, 0.2) is 90.1 Å². The molecule has 1 heterocycles. The molecule has 1 atom stereocenters. The van der Waals surface area contributed by atoms with Crippen molar-refractivity contribution in [1.82, 2.24) is 4.90 Å². The topological polar surface area (TPSA) is 57.2 Å². The molecule has 3 aromatic rings. The van der Waals surface area contributed by atoms with E-state index in [9.17, 15) is 4.79 Å². The molecule has 0 aliphatic carbocycles. The zero-order valence-electron chi connectivity index (χ0n) is 18.4. The van der Waals surface area contributed by atoms with Gasteiger partial charge in [0.25, 0.3) is 0 Å². The Morgan fingerprint density at radius 3 is 2.28 bits per heavy atom. The third-order valence-corrected chi connectivity index (χ3v) is 5.40. The summed E-state index contributed by atoms with van der Waals surface area (Å²) in [5, 5.41) is 7.30. The highest BCUT2D eigenvalue weighted by Crippen LogP contribution is 2.21. The molecule has 3 aromatic carbocycles. The van der Waals surface area contributed by atoms with Gasteiger partial charge in [0.2, 0.25) is 0 Å². The molecule has 0 radical (unpaired) electrons. The number of amides is 2. The highest BCUT2D eigenvalue weighted by atomic mass is 16.6. The highest BCUT2D eigenvalue weighted by molar-refractivity contribution is 6.01. The summed E-state index contributed by atoms with van der Waals surface area (Å²) in [5.41, 5.74) is 4.91. The molecule has 1 aliphatic heterocycles. The van der Waals surface area contributed by atoms with Gasteiger partial charge in [-0.1, -0.05) is 65.8 Å². The Labute approximate surface area is 189 Å². The Balaban J connectivity index is 1.43. The van der Waals surface area contributed by atoms with Crippen molar-refractivity contribution in [2.45, 2.75) is 19.1 Å². The molecule has 6 nitrogen and oxygen atoms in total. The number of urea groups is 1. The minimum Gasteiger partial charge on any atom is -0.390 e. The van der Waals surface area contributed by atoms with E-state index in [0.717, 1.165) is 28.2 Å². The minimum absolute atomic E-state index is 0.160. The summed E-state index contributed by atoms with van der Waals surface area (Å²) >= 11 is 0.